The summed E-state index contributed by atoms with van der Waals surface area (Å²) in [5.74, 6) is 0.0399. The summed E-state index contributed by atoms with van der Waals surface area (Å²) in [4.78, 5) is 0. The van der Waals surface area contributed by atoms with Crippen LogP contribution in [0.1, 0.15) is 310 Å². The van der Waals surface area contributed by atoms with Crippen LogP contribution in [0, 0.1) is 11.8 Å². The van der Waals surface area contributed by atoms with Gasteiger partial charge in [-0.05, 0) is 38.5 Å². The summed E-state index contributed by atoms with van der Waals surface area (Å²) in [5, 5.41) is 0. The second-order valence-electron chi connectivity index (χ2n) is 19.6. The largest absolute Gasteiger partial charge is 2.00 e. The molecule has 0 spiro atoms. The molecule has 0 aromatic rings. The average molecular weight is 1020 g/mol. The molecule has 67 heavy (non-hydrogen) atoms. The van der Waals surface area contributed by atoms with Crippen molar-refractivity contribution in [3.8, 4) is 0 Å². The predicted molar refractivity (Wildman–Crippen MR) is 288 cm³/mol. The molecule has 0 aliphatic rings. The summed E-state index contributed by atoms with van der Waals surface area (Å²) < 4.78 is 73.9. The molecule has 2 atom stereocenters. The zero-order valence-corrected chi connectivity index (χ0v) is 48.6. The third-order valence-corrected chi connectivity index (χ3v) is 13.8. The molecular weight excluding hydrogens is 905 g/mol. The van der Waals surface area contributed by atoms with Gasteiger partial charge in [0.25, 0.3) is 0 Å². The van der Waals surface area contributed by atoms with Crippen molar-refractivity contribution in [2.75, 3.05) is 13.2 Å². The van der Waals surface area contributed by atoms with Gasteiger partial charge in [0, 0.05) is 11.8 Å². The molecule has 0 aromatic heterocycles. The first-order chi connectivity index (χ1) is 32.0. The molecule has 8 nitrogen and oxygen atoms in total. The summed E-state index contributed by atoms with van der Waals surface area (Å²) in [5.41, 5.74) is 0. The van der Waals surface area contributed by atoms with Crippen LogP contribution in [0.2, 0.25) is 0 Å². The summed E-state index contributed by atoms with van der Waals surface area (Å²) in [7, 11) is -9.21. The van der Waals surface area contributed by atoms with Crippen molar-refractivity contribution in [1.29, 1.82) is 0 Å². The van der Waals surface area contributed by atoms with E-state index < -0.39 is 20.8 Å². The Hall–Kier alpha value is 0.480. The fourth-order valence-electron chi connectivity index (χ4n) is 8.68. The average Bonchev–Trinajstić information content (AvgIpc) is 3.28. The van der Waals surface area contributed by atoms with E-state index in [0.29, 0.717) is 0 Å². The van der Waals surface area contributed by atoms with Crippen LogP contribution in [0.15, 0.2) is 24.3 Å². The summed E-state index contributed by atoms with van der Waals surface area (Å²) >= 11 is 0. The minimum absolute atomic E-state index is 0. The van der Waals surface area contributed by atoms with Crippen molar-refractivity contribution in [3.05, 3.63) is 24.3 Å². The van der Waals surface area contributed by atoms with Gasteiger partial charge in [0.2, 0.25) is 20.8 Å². The van der Waals surface area contributed by atoms with E-state index in [1.54, 1.807) is 0 Å². The molecule has 0 bridgehead atoms. The van der Waals surface area contributed by atoms with Gasteiger partial charge < -0.3 is 9.11 Å². The molecule has 0 radical (unpaired) electrons. The van der Waals surface area contributed by atoms with Crippen molar-refractivity contribution >= 4 is 58.5 Å². The zero-order valence-electron chi connectivity index (χ0n) is 44.8. The quantitative estimate of drug-likeness (QED) is 0.0193. The van der Waals surface area contributed by atoms with Gasteiger partial charge in [-0.15, -0.1) is 0 Å². The van der Waals surface area contributed by atoms with E-state index in [1.807, 2.05) is 0 Å². The van der Waals surface area contributed by atoms with E-state index in [-0.39, 0.29) is 62.8 Å². The van der Waals surface area contributed by atoms with Crippen molar-refractivity contribution in [2.45, 2.75) is 310 Å². The van der Waals surface area contributed by atoms with Crippen LogP contribution in [-0.4, -0.2) is 76.9 Å². The number of unbranched alkanes of at least 4 members (excludes halogenated alkanes) is 38. The molecule has 0 fully saturated rings. The third kappa shape index (κ3) is 66.5. The van der Waals surface area contributed by atoms with Crippen molar-refractivity contribution < 1.29 is 34.3 Å². The van der Waals surface area contributed by atoms with Crippen LogP contribution >= 0.6 is 0 Å². The second-order valence-corrected chi connectivity index (χ2v) is 21.7. The summed E-state index contributed by atoms with van der Waals surface area (Å²) in [6.45, 7) is 8.93. The van der Waals surface area contributed by atoms with E-state index in [0.717, 1.165) is 51.4 Å². The number of hydrogen-bond acceptors (Lipinski definition) is 8. The molecule has 0 aromatic carbocycles. The van der Waals surface area contributed by atoms with E-state index >= 15 is 0 Å². The molecule has 11 heteroatoms. The summed E-state index contributed by atoms with van der Waals surface area (Å²) in [6, 6.07) is 0. The monoisotopic (exact) mass is 1010 g/mol. The van der Waals surface area contributed by atoms with E-state index in [2.05, 4.69) is 60.4 Å². The normalized spacial score (nSPS) is 13.0. The topological polar surface area (TPSA) is 133 Å². The van der Waals surface area contributed by atoms with Crippen LogP contribution in [0.5, 0.6) is 0 Å². The van der Waals surface area contributed by atoms with Gasteiger partial charge in [0.15, 0.2) is 0 Å². The van der Waals surface area contributed by atoms with Crippen LogP contribution in [-0.2, 0) is 29.2 Å². The van der Waals surface area contributed by atoms with Gasteiger partial charge in [-0.2, -0.15) is 0 Å². The molecule has 0 heterocycles. The molecule has 0 aliphatic carbocycles. The van der Waals surface area contributed by atoms with Crippen molar-refractivity contribution in [3.63, 3.8) is 0 Å². The minimum Gasteiger partial charge on any atom is -0.726 e. The SMILES string of the molecule is CCCCCCCCCCCCCCCC/C=C/C(CCCCCCCC)COS(=O)(=O)[O-].CCCCCCCCCCCCCCCC/C=C/C(CCCCCCCC)COS(=O)(=O)[O-].[Ca+2]. The molecule has 0 N–H and O–H groups in total. The first-order valence-corrected chi connectivity index (χ1v) is 31.2. The zero-order chi connectivity index (χ0) is 48.9. The Morgan fingerprint density at radius 1 is 0.328 bits per heavy atom. The summed E-state index contributed by atoms with van der Waals surface area (Å²) in [6.07, 6.45) is 64.9. The fraction of sp³-hybridized carbons (Fsp3) is 0.929. The molecule has 2 unspecified atom stereocenters. The molecule has 0 saturated heterocycles. The standard InChI is InChI=1S/2C28H56O4S.Ca/c2*1-3-5-7-9-11-12-13-14-15-16-17-18-19-20-22-24-26-28(27-32-33(29,30)31)25-23-21-10-8-6-4-2;/h2*24,26,28H,3-23,25,27H2,1-2H3,(H,29,30,31);/q;;+2/p-2/b2*26-24+;. The molecule has 0 rings (SSSR count). The Morgan fingerprint density at radius 2 is 0.522 bits per heavy atom. The second kappa shape index (κ2) is 57.4. The number of hydrogen-bond donors (Lipinski definition) is 0. The van der Waals surface area contributed by atoms with E-state index in [4.69, 9.17) is 0 Å². The molecule has 396 valence electrons. The van der Waals surface area contributed by atoms with Crippen molar-refractivity contribution in [2.24, 2.45) is 11.8 Å². The maximum atomic E-state index is 10.8. The van der Waals surface area contributed by atoms with Gasteiger partial charge >= 0.3 is 37.7 Å². The fourth-order valence-corrected chi connectivity index (χ4v) is 9.36. The maximum absolute atomic E-state index is 10.8. The Morgan fingerprint density at radius 3 is 0.731 bits per heavy atom. The van der Waals surface area contributed by atoms with Gasteiger partial charge in [-0.3, -0.25) is 8.37 Å². The smallest absolute Gasteiger partial charge is 0.726 e. The first kappa shape index (κ1) is 71.7. The van der Waals surface area contributed by atoms with Gasteiger partial charge in [-0.1, -0.05) is 296 Å². The van der Waals surface area contributed by atoms with Gasteiger partial charge in [-0.25, -0.2) is 16.8 Å². The minimum atomic E-state index is -4.61. The third-order valence-electron chi connectivity index (χ3n) is 13.0. The Balaban J connectivity index is -0.00000120. The maximum Gasteiger partial charge on any atom is 2.00 e. The van der Waals surface area contributed by atoms with Crippen LogP contribution in [0.3, 0.4) is 0 Å². The Bertz CT molecular complexity index is 1130. The molecule has 0 amide bonds. The number of allylic oxidation sites excluding steroid dienone is 2. The van der Waals surface area contributed by atoms with Crippen LogP contribution < -0.4 is 0 Å². The first-order valence-electron chi connectivity index (χ1n) is 28.5. The van der Waals surface area contributed by atoms with Crippen LogP contribution in [0.4, 0.5) is 0 Å². The Kier molecular flexibility index (Phi) is 61.4. The molecular formula is C56H110CaO8S2. The predicted octanol–water partition coefficient (Wildman–Crippen LogP) is 18.1. The molecule has 0 aliphatic heterocycles. The van der Waals surface area contributed by atoms with Crippen molar-refractivity contribution in [1.82, 2.24) is 0 Å². The van der Waals surface area contributed by atoms with Crippen LogP contribution in [0.25, 0.3) is 0 Å². The van der Waals surface area contributed by atoms with Gasteiger partial charge in [0.1, 0.15) is 0 Å². The van der Waals surface area contributed by atoms with Gasteiger partial charge in [0.05, 0.1) is 13.2 Å². The molecule has 0 saturated carbocycles. The number of rotatable bonds is 52. The van der Waals surface area contributed by atoms with E-state index in [1.165, 1.54) is 231 Å². The van der Waals surface area contributed by atoms with E-state index in [9.17, 15) is 25.9 Å². The Labute approximate surface area is 448 Å².